The van der Waals surface area contributed by atoms with Crippen LogP contribution >= 0.6 is 0 Å². The molecule has 0 saturated carbocycles. The van der Waals surface area contributed by atoms with Gasteiger partial charge in [-0.25, -0.2) is 0 Å². The van der Waals surface area contributed by atoms with E-state index in [4.69, 9.17) is 0 Å². The summed E-state index contributed by atoms with van der Waals surface area (Å²) < 4.78 is 37.2. The fraction of sp³-hybridized carbons (Fsp3) is 0.429. The summed E-state index contributed by atoms with van der Waals surface area (Å²) in [6, 6.07) is 8.55. The number of alkyl halides is 3. The van der Waals surface area contributed by atoms with Crippen LogP contribution in [-0.4, -0.2) is 54.0 Å². The molecule has 0 unspecified atom stereocenters. The molecule has 21 heavy (non-hydrogen) atoms. The summed E-state index contributed by atoms with van der Waals surface area (Å²) in [6.07, 6.45) is -4.53. The Morgan fingerprint density at radius 2 is 1.48 bits per heavy atom. The zero-order chi connectivity index (χ0) is 15.5. The molecule has 4 nitrogen and oxygen atoms in total. The van der Waals surface area contributed by atoms with Crippen molar-refractivity contribution in [1.29, 1.82) is 0 Å². The largest absolute Gasteiger partial charge is 0.471 e. The molecule has 0 N–H and O–H groups in total. The average molecular weight is 300 g/mol. The Balaban J connectivity index is 2.01. The molecule has 1 aliphatic heterocycles. The van der Waals surface area contributed by atoms with Crippen LogP contribution < -0.4 is 0 Å². The summed E-state index contributed by atoms with van der Waals surface area (Å²) in [6.45, 7) is 0.360. The predicted octanol–water partition coefficient (Wildman–Crippen LogP) is 1.92. The van der Waals surface area contributed by atoms with Crippen LogP contribution in [0.2, 0.25) is 0 Å². The molecule has 1 heterocycles. The van der Waals surface area contributed by atoms with E-state index < -0.39 is 12.1 Å². The highest BCUT2D eigenvalue weighted by molar-refractivity contribution is 5.94. The van der Waals surface area contributed by atoms with Gasteiger partial charge in [0, 0.05) is 31.7 Å². The fourth-order valence-electron chi connectivity index (χ4n) is 2.27. The number of carbonyl (C=O) groups excluding carboxylic acids is 2. The van der Waals surface area contributed by atoms with E-state index in [0.717, 1.165) is 4.90 Å². The molecule has 0 atom stereocenters. The van der Waals surface area contributed by atoms with Gasteiger partial charge in [0.05, 0.1) is 0 Å². The summed E-state index contributed by atoms with van der Waals surface area (Å²) in [5.74, 6) is -2.06. The van der Waals surface area contributed by atoms with Crippen LogP contribution in [0.1, 0.15) is 16.8 Å². The van der Waals surface area contributed by atoms with Crippen LogP contribution in [0.25, 0.3) is 0 Å². The zero-order valence-electron chi connectivity index (χ0n) is 11.3. The molecule has 0 aromatic heterocycles. The Bertz CT molecular complexity index is 517. The molecule has 1 aromatic rings. The topological polar surface area (TPSA) is 40.6 Å². The highest BCUT2D eigenvalue weighted by atomic mass is 19.4. The summed E-state index contributed by atoms with van der Waals surface area (Å²) in [4.78, 5) is 25.7. The highest BCUT2D eigenvalue weighted by Gasteiger charge is 2.42. The summed E-state index contributed by atoms with van der Waals surface area (Å²) in [7, 11) is 0. The van der Waals surface area contributed by atoms with Gasteiger partial charge in [0.1, 0.15) is 0 Å². The number of nitrogens with zero attached hydrogens (tertiary/aromatic N) is 2. The second-order valence-electron chi connectivity index (χ2n) is 4.80. The molecule has 1 fully saturated rings. The van der Waals surface area contributed by atoms with Crippen LogP contribution in [0.4, 0.5) is 13.2 Å². The third kappa shape index (κ3) is 3.74. The van der Waals surface area contributed by atoms with Gasteiger partial charge < -0.3 is 9.80 Å². The van der Waals surface area contributed by atoms with Crippen molar-refractivity contribution in [1.82, 2.24) is 9.80 Å². The Hall–Kier alpha value is -2.05. The Kier molecular flexibility index (Phi) is 4.50. The van der Waals surface area contributed by atoms with Crippen molar-refractivity contribution in [2.24, 2.45) is 0 Å². The van der Waals surface area contributed by atoms with Gasteiger partial charge in [0.25, 0.3) is 5.91 Å². The maximum atomic E-state index is 12.4. The van der Waals surface area contributed by atoms with Gasteiger partial charge >= 0.3 is 12.1 Å². The lowest BCUT2D eigenvalue weighted by atomic mass is 10.2. The van der Waals surface area contributed by atoms with E-state index in [1.165, 1.54) is 4.90 Å². The van der Waals surface area contributed by atoms with Gasteiger partial charge in [0.15, 0.2) is 0 Å². The SMILES string of the molecule is O=C(c1ccccc1)N1CCCN(C(=O)C(F)(F)F)CC1. The first-order chi connectivity index (χ1) is 9.89. The lowest BCUT2D eigenvalue weighted by molar-refractivity contribution is -0.185. The van der Waals surface area contributed by atoms with Crippen molar-refractivity contribution >= 4 is 11.8 Å². The minimum Gasteiger partial charge on any atom is -0.337 e. The molecule has 2 amide bonds. The van der Waals surface area contributed by atoms with Gasteiger partial charge in [-0.15, -0.1) is 0 Å². The van der Waals surface area contributed by atoms with E-state index in [9.17, 15) is 22.8 Å². The number of hydrogen-bond acceptors (Lipinski definition) is 2. The molecule has 2 rings (SSSR count). The van der Waals surface area contributed by atoms with Crippen molar-refractivity contribution in [3.63, 3.8) is 0 Å². The second-order valence-corrected chi connectivity index (χ2v) is 4.80. The second kappa shape index (κ2) is 6.15. The first-order valence-electron chi connectivity index (χ1n) is 6.60. The average Bonchev–Trinajstić information content (AvgIpc) is 2.71. The lowest BCUT2D eigenvalue weighted by Crippen LogP contribution is -2.43. The van der Waals surface area contributed by atoms with Gasteiger partial charge in [-0.1, -0.05) is 18.2 Å². The van der Waals surface area contributed by atoms with Crippen LogP contribution in [-0.2, 0) is 4.79 Å². The smallest absolute Gasteiger partial charge is 0.337 e. The monoisotopic (exact) mass is 300 g/mol. The Labute approximate surface area is 120 Å². The van der Waals surface area contributed by atoms with Crippen LogP contribution in [0.5, 0.6) is 0 Å². The summed E-state index contributed by atoms with van der Waals surface area (Å²) >= 11 is 0. The van der Waals surface area contributed by atoms with E-state index in [1.54, 1.807) is 30.3 Å². The molecule has 1 aromatic carbocycles. The van der Waals surface area contributed by atoms with Gasteiger partial charge in [-0.05, 0) is 18.6 Å². The van der Waals surface area contributed by atoms with E-state index >= 15 is 0 Å². The molecule has 0 radical (unpaired) electrons. The van der Waals surface area contributed by atoms with E-state index in [0.29, 0.717) is 18.5 Å². The minimum atomic E-state index is -4.86. The van der Waals surface area contributed by atoms with Crippen molar-refractivity contribution in [2.75, 3.05) is 26.2 Å². The van der Waals surface area contributed by atoms with Gasteiger partial charge in [0.2, 0.25) is 0 Å². The lowest BCUT2D eigenvalue weighted by Gasteiger charge is -2.22. The number of amides is 2. The quantitative estimate of drug-likeness (QED) is 0.795. The molecular weight excluding hydrogens is 285 g/mol. The molecule has 1 aliphatic rings. The van der Waals surface area contributed by atoms with Crippen molar-refractivity contribution in [2.45, 2.75) is 12.6 Å². The fourth-order valence-corrected chi connectivity index (χ4v) is 2.27. The summed E-state index contributed by atoms with van der Waals surface area (Å²) in [5.41, 5.74) is 0.494. The normalized spacial score (nSPS) is 16.5. The third-order valence-electron chi connectivity index (χ3n) is 3.33. The minimum absolute atomic E-state index is 0.0108. The Morgan fingerprint density at radius 3 is 2.10 bits per heavy atom. The first kappa shape index (κ1) is 15.3. The van der Waals surface area contributed by atoms with Gasteiger partial charge in [-0.2, -0.15) is 13.2 Å². The van der Waals surface area contributed by atoms with Crippen molar-refractivity contribution < 1.29 is 22.8 Å². The number of hydrogen-bond donors (Lipinski definition) is 0. The first-order valence-corrected chi connectivity index (χ1v) is 6.60. The number of benzene rings is 1. The number of halogens is 3. The maximum Gasteiger partial charge on any atom is 0.471 e. The predicted molar refractivity (Wildman–Crippen MR) is 69.6 cm³/mol. The van der Waals surface area contributed by atoms with E-state index in [-0.39, 0.29) is 25.5 Å². The van der Waals surface area contributed by atoms with E-state index in [1.807, 2.05) is 0 Å². The standard InChI is InChI=1S/C14H15F3N2O2/c15-14(16,17)13(21)19-8-4-7-18(9-10-19)12(20)11-5-2-1-3-6-11/h1-3,5-6H,4,7-10H2. The highest BCUT2D eigenvalue weighted by Crippen LogP contribution is 2.20. The molecule has 0 bridgehead atoms. The molecule has 114 valence electrons. The molecule has 0 spiro atoms. The van der Waals surface area contributed by atoms with Crippen molar-refractivity contribution in [3.8, 4) is 0 Å². The summed E-state index contributed by atoms with van der Waals surface area (Å²) in [5, 5.41) is 0. The number of rotatable bonds is 1. The van der Waals surface area contributed by atoms with Crippen LogP contribution in [0.15, 0.2) is 30.3 Å². The molecular formula is C14H15F3N2O2. The van der Waals surface area contributed by atoms with Gasteiger partial charge in [-0.3, -0.25) is 9.59 Å². The maximum absolute atomic E-state index is 12.4. The number of carbonyl (C=O) groups is 2. The van der Waals surface area contributed by atoms with Crippen LogP contribution in [0.3, 0.4) is 0 Å². The molecule has 7 heteroatoms. The zero-order valence-corrected chi connectivity index (χ0v) is 11.3. The van der Waals surface area contributed by atoms with Crippen LogP contribution in [0, 0.1) is 0 Å². The molecule has 1 saturated heterocycles. The molecule has 0 aliphatic carbocycles. The van der Waals surface area contributed by atoms with E-state index in [2.05, 4.69) is 0 Å². The Morgan fingerprint density at radius 1 is 0.905 bits per heavy atom. The third-order valence-corrected chi connectivity index (χ3v) is 3.33. The van der Waals surface area contributed by atoms with Crippen molar-refractivity contribution in [3.05, 3.63) is 35.9 Å².